The number of carbonyl (C=O) groups is 2. The first-order valence-electron chi connectivity index (χ1n) is 7.59. The molecule has 0 aromatic heterocycles. The summed E-state index contributed by atoms with van der Waals surface area (Å²) in [7, 11) is 0. The van der Waals surface area contributed by atoms with Crippen molar-refractivity contribution in [3.05, 3.63) is 64.2 Å². The number of nitro benzene ring substituents is 1. The normalized spacial score (nSPS) is 10.2. The van der Waals surface area contributed by atoms with Crippen molar-refractivity contribution in [1.82, 2.24) is 5.32 Å². The zero-order valence-corrected chi connectivity index (χ0v) is 13.8. The van der Waals surface area contributed by atoms with Gasteiger partial charge in [-0.2, -0.15) is 0 Å². The number of nitrogens with one attached hydrogen (secondary N) is 3. The van der Waals surface area contributed by atoms with Crippen LogP contribution in [0.1, 0.15) is 24.2 Å². The van der Waals surface area contributed by atoms with Gasteiger partial charge in [0.15, 0.2) is 0 Å². The topological polar surface area (TPSA) is 113 Å². The van der Waals surface area contributed by atoms with E-state index in [1.165, 1.54) is 18.2 Å². The molecule has 0 aliphatic heterocycles. The van der Waals surface area contributed by atoms with E-state index in [9.17, 15) is 19.7 Å². The van der Waals surface area contributed by atoms with Crippen LogP contribution in [0.4, 0.5) is 21.9 Å². The molecule has 3 amide bonds. The van der Waals surface area contributed by atoms with Gasteiger partial charge in [-0.1, -0.05) is 18.2 Å². The average Bonchev–Trinajstić information content (AvgIpc) is 2.54. The Morgan fingerprint density at radius 1 is 1.00 bits per heavy atom. The Hall–Kier alpha value is -3.42. The molecular formula is C17H18N4O4. The average molecular weight is 342 g/mol. The van der Waals surface area contributed by atoms with Gasteiger partial charge in [-0.15, -0.1) is 0 Å². The molecule has 25 heavy (non-hydrogen) atoms. The third kappa shape index (κ3) is 5.03. The Bertz CT molecular complexity index is 805. The van der Waals surface area contributed by atoms with Crippen molar-refractivity contribution in [2.45, 2.75) is 19.9 Å². The number of benzene rings is 2. The maximum atomic E-state index is 12.3. The Kier molecular flexibility index (Phi) is 5.67. The van der Waals surface area contributed by atoms with Crippen molar-refractivity contribution in [3.63, 3.8) is 0 Å². The molecule has 2 aromatic rings. The number of carbonyl (C=O) groups excluding carboxylic acids is 2. The summed E-state index contributed by atoms with van der Waals surface area (Å²) in [6.45, 7) is 3.67. The van der Waals surface area contributed by atoms with Crippen LogP contribution in [0.3, 0.4) is 0 Å². The summed E-state index contributed by atoms with van der Waals surface area (Å²) >= 11 is 0. The second-order valence-electron chi connectivity index (χ2n) is 5.56. The molecule has 3 N–H and O–H groups in total. The van der Waals surface area contributed by atoms with Crippen LogP contribution in [-0.2, 0) is 0 Å². The van der Waals surface area contributed by atoms with Gasteiger partial charge in [-0.05, 0) is 38.1 Å². The van der Waals surface area contributed by atoms with E-state index in [0.29, 0.717) is 11.4 Å². The molecule has 130 valence electrons. The summed E-state index contributed by atoms with van der Waals surface area (Å²) in [4.78, 5) is 34.4. The van der Waals surface area contributed by atoms with Crippen LogP contribution < -0.4 is 16.0 Å². The van der Waals surface area contributed by atoms with Gasteiger partial charge in [0, 0.05) is 23.5 Å². The molecule has 0 fully saturated rings. The first-order chi connectivity index (χ1) is 11.9. The van der Waals surface area contributed by atoms with Gasteiger partial charge < -0.3 is 16.0 Å². The van der Waals surface area contributed by atoms with E-state index >= 15 is 0 Å². The van der Waals surface area contributed by atoms with E-state index in [1.807, 2.05) is 13.8 Å². The molecule has 2 aromatic carbocycles. The fourth-order valence-electron chi connectivity index (χ4n) is 2.13. The summed E-state index contributed by atoms with van der Waals surface area (Å²) in [5.41, 5.74) is 0.581. The Balaban J connectivity index is 2.13. The summed E-state index contributed by atoms with van der Waals surface area (Å²) < 4.78 is 0. The smallest absolute Gasteiger partial charge is 0.319 e. The molecular weight excluding hydrogens is 324 g/mol. The largest absolute Gasteiger partial charge is 0.336 e. The van der Waals surface area contributed by atoms with Crippen LogP contribution in [0, 0.1) is 10.1 Å². The second kappa shape index (κ2) is 7.91. The minimum absolute atomic E-state index is 0.0125. The lowest BCUT2D eigenvalue weighted by molar-refractivity contribution is -0.385. The number of hydrogen-bond donors (Lipinski definition) is 3. The Morgan fingerprint density at radius 3 is 2.28 bits per heavy atom. The zero-order chi connectivity index (χ0) is 18.4. The van der Waals surface area contributed by atoms with E-state index < -0.39 is 10.8 Å². The van der Waals surface area contributed by atoms with E-state index in [0.717, 1.165) is 0 Å². The Morgan fingerprint density at radius 2 is 1.64 bits per heavy atom. The lowest BCUT2D eigenvalue weighted by Gasteiger charge is -2.11. The first kappa shape index (κ1) is 17.9. The predicted octanol–water partition coefficient (Wildman–Crippen LogP) is 3.38. The zero-order valence-electron chi connectivity index (χ0n) is 13.8. The summed E-state index contributed by atoms with van der Waals surface area (Å²) in [6, 6.07) is 11.8. The van der Waals surface area contributed by atoms with E-state index in [2.05, 4.69) is 16.0 Å². The van der Waals surface area contributed by atoms with Gasteiger partial charge in [-0.3, -0.25) is 14.9 Å². The van der Waals surface area contributed by atoms with Crippen LogP contribution in [0.15, 0.2) is 48.5 Å². The van der Waals surface area contributed by atoms with Crippen LogP contribution in [-0.4, -0.2) is 22.9 Å². The fourth-order valence-corrected chi connectivity index (χ4v) is 2.13. The molecule has 0 atom stereocenters. The lowest BCUT2D eigenvalue weighted by atomic mass is 10.1. The fraction of sp³-hybridized carbons (Fsp3) is 0.176. The summed E-state index contributed by atoms with van der Waals surface area (Å²) in [6.07, 6.45) is 0. The van der Waals surface area contributed by atoms with Crippen molar-refractivity contribution in [1.29, 1.82) is 0 Å². The Labute approximate surface area is 144 Å². The van der Waals surface area contributed by atoms with Gasteiger partial charge in [0.1, 0.15) is 5.56 Å². The van der Waals surface area contributed by atoms with E-state index in [4.69, 9.17) is 0 Å². The minimum atomic E-state index is -0.608. The highest BCUT2D eigenvalue weighted by Gasteiger charge is 2.19. The van der Waals surface area contributed by atoms with Crippen LogP contribution in [0.5, 0.6) is 0 Å². The molecule has 8 nitrogen and oxygen atoms in total. The molecule has 0 spiro atoms. The van der Waals surface area contributed by atoms with Crippen molar-refractivity contribution < 1.29 is 14.5 Å². The maximum Gasteiger partial charge on any atom is 0.319 e. The highest BCUT2D eigenvalue weighted by Crippen LogP contribution is 2.21. The van der Waals surface area contributed by atoms with Crippen LogP contribution in [0.25, 0.3) is 0 Å². The molecule has 8 heteroatoms. The van der Waals surface area contributed by atoms with Gasteiger partial charge in [0.2, 0.25) is 0 Å². The number of anilines is 2. The minimum Gasteiger partial charge on any atom is -0.336 e. The number of nitro groups is 1. The van der Waals surface area contributed by atoms with Crippen molar-refractivity contribution in [2.24, 2.45) is 0 Å². The monoisotopic (exact) mass is 342 g/mol. The molecule has 0 unspecified atom stereocenters. The number of nitrogens with zero attached hydrogens (tertiary/aromatic N) is 1. The van der Waals surface area contributed by atoms with Crippen LogP contribution in [0.2, 0.25) is 0 Å². The van der Waals surface area contributed by atoms with Gasteiger partial charge in [0.05, 0.1) is 4.92 Å². The third-order valence-corrected chi connectivity index (χ3v) is 3.14. The standard InChI is InChI=1S/C17H18N4O4/c1-11(2)18-17(23)20-13-7-5-6-12(10-13)19-16(22)14-8-3-4-9-15(14)21(24)25/h3-11H,1-2H3,(H,19,22)(H2,18,20,23). The quantitative estimate of drug-likeness (QED) is 0.571. The number of rotatable bonds is 5. The summed E-state index contributed by atoms with van der Waals surface area (Å²) in [5, 5.41) is 18.9. The molecule has 2 rings (SSSR count). The molecule has 0 radical (unpaired) electrons. The molecule has 0 saturated heterocycles. The van der Waals surface area contributed by atoms with Gasteiger partial charge in [-0.25, -0.2) is 4.79 Å². The molecule has 0 saturated carbocycles. The maximum absolute atomic E-state index is 12.3. The first-order valence-corrected chi connectivity index (χ1v) is 7.59. The van der Waals surface area contributed by atoms with Gasteiger partial charge >= 0.3 is 6.03 Å². The van der Waals surface area contributed by atoms with Crippen LogP contribution >= 0.6 is 0 Å². The number of amides is 3. The number of para-hydroxylation sites is 1. The van der Waals surface area contributed by atoms with E-state index in [-0.39, 0.29) is 23.3 Å². The SMILES string of the molecule is CC(C)NC(=O)Nc1cccc(NC(=O)c2ccccc2[N+](=O)[O-])c1. The van der Waals surface area contributed by atoms with Crippen molar-refractivity contribution >= 4 is 29.0 Å². The number of hydrogen-bond acceptors (Lipinski definition) is 4. The lowest BCUT2D eigenvalue weighted by Crippen LogP contribution is -2.34. The molecule has 0 heterocycles. The number of urea groups is 1. The second-order valence-corrected chi connectivity index (χ2v) is 5.56. The highest BCUT2D eigenvalue weighted by atomic mass is 16.6. The third-order valence-electron chi connectivity index (χ3n) is 3.14. The molecule has 0 aliphatic rings. The van der Waals surface area contributed by atoms with Gasteiger partial charge in [0.25, 0.3) is 11.6 Å². The van der Waals surface area contributed by atoms with E-state index in [1.54, 1.807) is 30.3 Å². The highest BCUT2D eigenvalue weighted by molar-refractivity contribution is 6.07. The van der Waals surface area contributed by atoms with Crippen molar-refractivity contribution in [3.8, 4) is 0 Å². The van der Waals surface area contributed by atoms with Crippen molar-refractivity contribution in [2.75, 3.05) is 10.6 Å². The summed E-state index contributed by atoms with van der Waals surface area (Å²) in [5.74, 6) is -0.601. The molecule has 0 bridgehead atoms. The predicted molar refractivity (Wildman–Crippen MR) is 94.8 cm³/mol. The molecule has 0 aliphatic carbocycles.